The van der Waals surface area contributed by atoms with E-state index in [9.17, 15) is 14.7 Å². The molecule has 0 aliphatic rings. The number of rotatable bonds is 3. The molecule has 24 heavy (non-hydrogen) atoms. The van der Waals surface area contributed by atoms with Crippen LogP contribution in [0, 0.1) is 0 Å². The number of ether oxygens (including phenoxy) is 1. The first-order valence-corrected chi connectivity index (χ1v) is 8.01. The molecule has 1 heterocycles. The van der Waals surface area contributed by atoms with Crippen LogP contribution < -0.4 is 0 Å². The fraction of sp³-hybridized carbons (Fsp3) is 0.474. The Kier molecular flexibility index (Phi) is 9.00. The van der Waals surface area contributed by atoms with E-state index in [1.165, 1.54) is 19.1 Å². The smallest absolute Gasteiger partial charge is 0.161 e. The van der Waals surface area contributed by atoms with E-state index in [0.717, 1.165) is 11.8 Å². The Morgan fingerprint density at radius 1 is 1.29 bits per heavy atom. The minimum atomic E-state index is -0.0831. The van der Waals surface area contributed by atoms with Gasteiger partial charge in [-0.05, 0) is 45.9 Å². The van der Waals surface area contributed by atoms with E-state index >= 15 is 0 Å². The number of fused-ring (bicyclic) bond motifs is 1. The monoisotopic (exact) mass is 335 g/mol. The van der Waals surface area contributed by atoms with Gasteiger partial charge in [0.1, 0.15) is 12.0 Å². The van der Waals surface area contributed by atoms with Gasteiger partial charge in [0.05, 0.1) is 12.1 Å². The van der Waals surface area contributed by atoms with Crippen LogP contribution in [-0.4, -0.2) is 34.5 Å². The van der Waals surface area contributed by atoms with Gasteiger partial charge in [0.25, 0.3) is 0 Å². The molecule has 0 saturated heterocycles. The van der Waals surface area contributed by atoms with Gasteiger partial charge in [0.15, 0.2) is 5.78 Å². The molecule has 0 atom stereocenters. The molecular formula is C19H29NO4. The zero-order chi connectivity index (χ0) is 18.9. The van der Waals surface area contributed by atoms with E-state index < -0.39 is 0 Å². The van der Waals surface area contributed by atoms with Crippen LogP contribution in [0.15, 0.2) is 24.4 Å². The average Bonchev–Trinajstić information content (AvgIpc) is 2.88. The van der Waals surface area contributed by atoms with Crippen molar-refractivity contribution in [2.45, 2.75) is 53.7 Å². The van der Waals surface area contributed by atoms with E-state index in [2.05, 4.69) is 0 Å². The Labute approximate surface area is 144 Å². The highest BCUT2D eigenvalue weighted by molar-refractivity contribution is 6.07. The molecule has 2 rings (SSSR count). The van der Waals surface area contributed by atoms with Crippen molar-refractivity contribution >= 4 is 23.0 Å². The number of carbonyl (C=O) groups is 2. The van der Waals surface area contributed by atoms with Gasteiger partial charge >= 0.3 is 0 Å². The molecule has 0 spiro atoms. The Balaban J connectivity index is 0.000000563. The number of methoxy groups -OCH3 is 1. The molecule has 5 nitrogen and oxygen atoms in total. The lowest BCUT2D eigenvalue weighted by molar-refractivity contribution is -0.108. The Bertz CT molecular complexity index is 666. The predicted molar refractivity (Wildman–Crippen MR) is 97.8 cm³/mol. The molecule has 2 aromatic rings. The van der Waals surface area contributed by atoms with E-state index in [1.54, 1.807) is 23.9 Å². The van der Waals surface area contributed by atoms with Crippen molar-refractivity contribution < 1.29 is 19.4 Å². The van der Waals surface area contributed by atoms with Gasteiger partial charge in [-0.25, -0.2) is 0 Å². The van der Waals surface area contributed by atoms with Gasteiger partial charge in [-0.3, -0.25) is 4.79 Å². The highest BCUT2D eigenvalue weighted by atomic mass is 16.5. The summed E-state index contributed by atoms with van der Waals surface area (Å²) in [6, 6.07) is 4.77. The van der Waals surface area contributed by atoms with Crippen LogP contribution in [0.25, 0.3) is 10.9 Å². The summed E-state index contributed by atoms with van der Waals surface area (Å²) in [5.74, 6) is 0.0269. The number of hydrogen-bond acceptors (Lipinski definition) is 4. The van der Waals surface area contributed by atoms with Gasteiger partial charge in [0, 0.05) is 29.8 Å². The van der Waals surface area contributed by atoms with Gasteiger partial charge in [-0.2, -0.15) is 0 Å². The first-order valence-electron chi connectivity index (χ1n) is 8.01. The molecule has 1 aromatic heterocycles. The Morgan fingerprint density at radius 2 is 1.83 bits per heavy atom. The summed E-state index contributed by atoms with van der Waals surface area (Å²) in [6.45, 7) is 11.7. The molecule has 0 saturated carbocycles. The number of carbonyl (C=O) groups excluding carboxylic acids is 2. The second-order valence-electron chi connectivity index (χ2n) is 5.94. The van der Waals surface area contributed by atoms with E-state index in [0.29, 0.717) is 10.9 Å². The fourth-order valence-electron chi connectivity index (χ4n) is 1.80. The Hall–Kier alpha value is -2.14. The van der Waals surface area contributed by atoms with E-state index in [1.807, 2.05) is 34.6 Å². The number of aldehydes is 1. The van der Waals surface area contributed by atoms with Crippen LogP contribution in [0.4, 0.5) is 0 Å². The van der Waals surface area contributed by atoms with Crippen molar-refractivity contribution in [3.63, 3.8) is 0 Å². The number of benzene rings is 1. The van der Waals surface area contributed by atoms with Gasteiger partial charge < -0.3 is 19.2 Å². The third-order valence-corrected chi connectivity index (χ3v) is 3.13. The van der Waals surface area contributed by atoms with Crippen molar-refractivity contribution in [1.29, 1.82) is 0 Å². The van der Waals surface area contributed by atoms with Crippen molar-refractivity contribution in [3.05, 3.63) is 30.0 Å². The molecule has 5 heteroatoms. The number of aromatic hydroxyl groups is 1. The maximum Gasteiger partial charge on any atom is 0.161 e. The van der Waals surface area contributed by atoms with Crippen LogP contribution in [0.1, 0.15) is 51.9 Å². The largest absolute Gasteiger partial charge is 0.508 e. The molecule has 0 bridgehead atoms. The quantitative estimate of drug-likeness (QED) is 0.674. The molecule has 0 radical (unpaired) electrons. The third-order valence-electron chi connectivity index (χ3n) is 3.13. The third kappa shape index (κ3) is 6.54. The molecule has 0 amide bonds. The number of nitrogens with zero attached hydrogens (tertiary/aromatic N) is 1. The maximum absolute atomic E-state index is 11.4. The van der Waals surface area contributed by atoms with Crippen molar-refractivity contribution in [2.75, 3.05) is 7.11 Å². The molecule has 0 unspecified atom stereocenters. The van der Waals surface area contributed by atoms with Crippen LogP contribution >= 0.6 is 0 Å². The zero-order valence-corrected chi connectivity index (χ0v) is 15.7. The van der Waals surface area contributed by atoms with E-state index in [4.69, 9.17) is 4.74 Å². The van der Waals surface area contributed by atoms with Crippen LogP contribution in [-0.2, 0) is 16.1 Å². The normalized spacial score (nSPS) is 10.3. The molecular weight excluding hydrogens is 306 g/mol. The van der Waals surface area contributed by atoms with Gasteiger partial charge in [0.2, 0.25) is 0 Å². The molecule has 134 valence electrons. The first kappa shape index (κ1) is 21.9. The summed E-state index contributed by atoms with van der Waals surface area (Å²) in [5.41, 5.74) is 1.34. The lowest BCUT2D eigenvalue weighted by Gasteiger charge is -2.14. The number of hydrogen-bond donors (Lipinski definition) is 1. The highest BCUT2D eigenvalue weighted by Gasteiger charge is 2.12. The number of phenols is 1. The van der Waals surface area contributed by atoms with Crippen LogP contribution in [0.3, 0.4) is 0 Å². The summed E-state index contributed by atoms with van der Waals surface area (Å²) in [4.78, 5) is 21.9. The lowest BCUT2D eigenvalue weighted by Crippen LogP contribution is -2.15. The summed E-state index contributed by atoms with van der Waals surface area (Å²) < 4.78 is 6.63. The summed E-state index contributed by atoms with van der Waals surface area (Å²) in [5, 5.41) is 10.1. The zero-order valence-electron chi connectivity index (χ0n) is 15.7. The van der Waals surface area contributed by atoms with Gasteiger partial charge in [-0.1, -0.05) is 13.8 Å². The minimum absolute atomic E-state index is 0.0417. The second-order valence-corrected chi connectivity index (χ2v) is 5.94. The SMILES string of the molecule is CC.CC(=O)c1cn(CC=O)c2ccc(O)cc12.COC(C)(C)C. The molecule has 1 N–H and O–H groups in total. The molecule has 0 aliphatic heterocycles. The number of phenolic OH excluding ortho intramolecular Hbond substituents is 1. The highest BCUT2D eigenvalue weighted by Crippen LogP contribution is 2.25. The van der Waals surface area contributed by atoms with Crippen molar-refractivity contribution in [3.8, 4) is 5.75 Å². The number of aromatic nitrogens is 1. The van der Waals surface area contributed by atoms with Crippen LogP contribution in [0.5, 0.6) is 5.75 Å². The molecule has 0 fully saturated rings. The topological polar surface area (TPSA) is 68.5 Å². The Morgan fingerprint density at radius 3 is 2.25 bits per heavy atom. The number of ketones is 1. The van der Waals surface area contributed by atoms with Gasteiger partial charge in [-0.15, -0.1) is 0 Å². The second kappa shape index (κ2) is 9.88. The van der Waals surface area contributed by atoms with Crippen molar-refractivity contribution in [2.24, 2.45) is 0 Å². The number of Topliss-reactive ketones (excluding diaryl/α,β-unsaturated/α-hetero) is 1. The average molecular weight is 335 g/mol. The molecule has 0 aliphatic carbocycles. The van der Waals surface area contributed by atoms with E-state index in [-0.39, 0.29) is 23.7 Å². The first-order chi connectivity index (χ1) is 11.2. The maximum atomic E-state index is 11.4. The standard InChI is InChI=1S/C12H11NO3.C5H12O.C2H6/c1-8(15)11-7-13(4-5-14)12-3-2-9(16)6-10(11)12;1-5(2,3)6-4;1-2/h2-3,5-7,16H,4H2,1H3;1-4H3;1-2H3. The summed E-state index contributed by atoms with van der Waals surface area (Å²) >= 11 is 0. The van der Waals surface area contributed by atoms with Crippen molar-refractivity contribution in [1.82, 2.24) is 4.57 Å². The molecule has 1 aromatic carbocycles. The minimum Gasteiger partial charge on any atom is -0.508 e. The summed E-state index contributed by atoms with van der Waals surface area (Å²) in [7, 11) is 1.71. The fourth-order valence-corrected chi connectivity index (χ4v) is 1.80. The predicted octanol–water partition coefficient (Wildman–Crippen LogP) is 4.21. The summed E-state index contributed by atoms with van der Waals surface area (Å²) in [6.07, 6.45) is 2.41. The lowest BCUT2D eigenvalue weighted by atomic mass is 10.1. The van der Waals surface area contributed by atoms with Crippen LogP contribution in [0.2, 0.25) is 0 Å².